The van der Waals surface area contributed by atoms with Crippen LogP contribution in [-0.2, 0) is 4.79 Å². The van der Waals surface area contributed by atoms with Crippen molar-refractivity contribution in [2.24, 2.45) is 0 Å². The molecule has 3 rings (SSSR count). The summed E-state index contributed by atoms with van der Waals surface area (Å²) in [4.78, 5) is 28.9. The Kier molecular flexibility index (Phi) is 4.58. The molecule has 0 aliphatic carbocycles. The Hall–Kier alpha value is -2.33. The van der Waals surface area contributed by atoms with E-state index >= 15 is 0 Å². The molecule has 1 aliphatic heterocycles. The molecule has 2 amide bonds. The van der Waals surface area contributed by atoms with Gasteiger partial charge in [0.1, 0.15) is 6.04 Å². The molecule has 0 aromatic heterocycles. The average Bonchev–Trinajstić information content (AvgIpc) is 2.57. The third-order valence-electron chi connectivity index (χ3n) is 4.39. The molecule has 0 spiro atoms. The molecule has 0 bridgehead atoms. The summed E-state index contributed by atoms with van der Waals surface area (Å²) in [6, 6.07) is 14.1. The van der Waals surface area contributed by atoms with Crippen molar-refractivity contribution in [3.8, 4) is 0 Å². The Morgan fingerprint density at radius 2 is 1.88 bits per heavy atom. The lowest BCUT2D eigenvalue weighted by Gasteiger charge is -2.39. The molecule has 2 aromatic rings. The van der Waals surface area contributed by atoms with E-state index < -0.39 is 6.04 Å². The van der Waals surface area contributed by atoms with Crippen LogP contribution in [0.5, 0.6) is 0 Å². The summed E-state index contributed by atoms with van der Waals surface area (Å²) in [5.41, 5.74) is 2.46. The lowest BCUT2D eigenvalue weighted by Crippen LogP contribution is -2.57. The Bertz CT molecular complexity index is 790. The van der Waals surface area contributed by atoms with Gasteiger partial charge in [0.2, 0.25) is 5.91 Å². The molecule has 24 heavy (non-hydrogen) atoms. The molecule has 1 saturated heterocycles. The highest BCUT2D eigenvalue weighted by Gasteiger charge is 2.35. The van der Waals surface area contributed by atoms with Crippen LogP contribution in [0.25, 0.3) is 0 Å². The summed E-state index contributed by atoms with van der Waals surface area (Å²) in [5.74, 6) is -0.228. The largest absolute Gasteiger partial charge is 0.325 e. The van der Waals surface area contributed by atoms with Crippen molar-refractivity contribution in [1.29, 1.82) is 0 Å². The molecular weight excluding hydrogens is 324 g/mol. The van der Waals surface area contributed by atoms with Crippen molar-refractivity contribution in [2.75, 3.05) is 18.0 Å². The average molecular weight is 343 g/mol. The highest BCUT2D eigenvalue weighted by molar-refractivity contribution is 6.31. The molecule has 0 saturated carbocycles. The number of para-hydroxylation sites is 1. The van der Waals surface area contributed by atoms with Gasteiger partial charge in [0.15, 0.2) is 0 Å². The number of hydrogen-bond acceptors (Lipinski definition) is 2. The second kappa shape index (κ2) is 6.65. The van der Waals surface area contributed by atoms with Gasteiger partial charge in [-0.25, -0.2) is 0 Å². The van der Waals surface area contributed by atoms with Gasteiger partial charge in [-0.2, -0.15) is 0 Å². The van der Waals surface area contributed by atoms with Crippen molar-refractivity contribution in [3.63, 3.8) is 0 Å². The number of carbonyl (C=O) groups excluding carboxylic acids is 2. The number of halogens is 1. The minimum absolute atomic E-state index is 0.0640. The SMILES string of the molecule is Cc1ccccc1N1CCN(C(=O)c2cccc(Cl)c2)C(C)C1=O. The van der Waals surface area contributed by atoms with Crippen LogP contribution in [0.2, 0.25) is 5.02 Å². The molecule has 1 heterocycles. The lowest BCUT2D eigenvalue weighted by atomic mass is 10.1. The minimum Gasteiger partial charge on any atom is -0.325 e. The highest BCUT2D eigenvalue weighted by Crippen LogP contribution is 2.25. The Morgan fingerprint density at radius 3 is 2.58 bits per heavy atom. The van der Waals surface area contributed by atoms with Gasteiger partial charge in [-0.3, -0.25) is 9.59 Å². The minimum atomic E-state index is -0.509. The lowest BCUT2D eigenvalue weighted by molar-refractivity contribution is -0.124. The van der Waals surface area contributed by atoms with Crippen LogP contribution in [0.1, 0.15) is 22.8 Å². The summed E-state index contributed by atoms with van der Waals surface area (Å²) in [6.45, 7) is 4.74. The fraction of sp³-hybridized carbons (Fsp3) is 0.263. The van der Waals surface area contributed by atoms with Crippen LogP contribution in [0.3, 0.4) is 0 Å². The number of nitrogens with zero attached hydrogens (tertiary/aromatic N) is 2. The first kappa shape index (κ1) is 16.5. The van der Waals surface area contributed by atoms with E-state index in [2.05, 4.69) is 0 Å². The number of hydrogen-bond donors (Lipinski definition) is 0. The van der Waals surface area contributed by atoms with Crippen LogP contribution in [0.15, 0.2) is 48.5 Å². The highest BCUT2D eigenvalue weighted by atomic mass is 35.5. The normalized spacial score (nSPS) is 18.0. The number of aryl methyl sites for hydroxylation is 1. The topological polar surface area (TPSA) is 40.6 Å². The second-order valence-corrected chi connectivity index (χ2v) is 6.40. The van der Waals surface area contributed by atoms with Gasteiger partial charge in [0.05, 0.1) is 0 Å². The molecule has 1 atom stereocenters. The van der Waals surface area contributed by atoms with Gasteiger partial charge in [0.25, 0.3) is 5.91 Å². The van der Waals surface area contributed by atoms with Crippen molar-refractivity contribution in [1.82, 2.24) is 4.90 Å². The van der Waals surface area contributed by atoms with Crippen LogP contribution >= 0.6 is 11.6 Å². The van der Waals surface area contributed by atoms with Crippen LogP contribution in [0.4, 0.5) is 5.69 Å². The molecular formula is C19H19ClN2O2. The van der Waals surface area contributed by atoms with Crippen LogP contribution in [-0.4, -0.2) is 35.8 Å². The van der Waals surface area contributed by atoms with Gasteiger partial charge >= 0.3 is 0 Å². The zero-order valence-corrected chi connectivity index (χ0v) is 14.5. The number of amides is 2. The van der Waals surface area contributed by atoms with Gasteiger partial charge in [-0.05, 0) is 43.7 Å². The van der Waals surface area contributed by atoms with Gasteiger partial charge in [-0.1, -0.05) is 35.9 Å². The van der Waals surface area contributed by atoms with E-state index in [1.807, 2.05) is 31.2 Å². The molecule has 124 valence electrons. The first-order chi connectivity index (χ1) is 11.5. The molecule has 1 aliphatic rings. The number of piperazine rings is 1. The van der Waals surface area contributed by atoms with E-state index in [4.69, 9.17) is 11.6 Å². The van der Waals surface area contributed by atoms with Crippen LogP contribution in [0, 0.1) is 6.92 Å². The van der Waals surface area contributed by atoms with E-state index in [-0.39, 0.29) is 11.8 Å². The molecule has 1 unspecified atom stereocenters. The Balaban J connectivity index is 1.83. The number of anilines is 1. The predicted octanol–water partition coefficient (Wildman–Crippen LogP) is 3.53. The van der Waals surface area contributed by atoms with E-state index in [1.54, 1.807) is 41.0 Å². The number of rotatable bonds is 2. The summed E-state index contributed by atoms with van der Waals surface area (Å²) >= 11 is 5.97. The van der Waals surface area contributed by atoms with E-state index in [9.17, 15) is 9.59 Å². The molecule has 0 N–H and O–H groups in total. The Morgan fingerprint density at radius 1 is 1.12 bits per heavy atom. The summed E-state index contributed by atoms with van der Waals surface area (Å²) < 4.78 is 0. The van der Waals surface area contributed by atoms with E-state index in [1.165, 1.54) is 0 Å². The second-order valence-electron chi connectivity index (χ2n) is 5.96. The number of carbonyl (C=O) groups is 2. The summed E-state index contributed by atoms with van der Waals surface area (Å²) in [5, 5.41) is 0.512. The summed E-state index contributed by atoms with van der Waals surface area (Å²) in [6.07, 6.45) is 0. The van der Waals surface area contributed by atoms with Crippen molar-refractivity contribution < 1.29 is 9.59 Å². The third kappa shape index (κ3) is 3.02. The molecule has 0 radical (unpaired) electrons. The fourth-order valence-electron chi connectivity index (χ4n) is 3.04. The maximum Gasteiger partial charge on any atom is 0.254 e. The maximum absolute atomic E-state index is 12.8. The molecule has 2 aromatic carbocycles. The first-order valence-electron chi connectivity index (χ1n) is 7.92. The molecule has 1 fully saturated rings. The van der Waals surface area contributed by atoms with Crippen molar-refractivity contribution in [2.45, 2.75) is 19.9 Å². The van der Waals surface area contributed by atoms with E-state index in [0.717, 1.165) is 11.3 Å². The fourth-order valence-corrected chi connectivity index (χ4v) is 3.23. The van der Waals surface area contributed by atoms with Gasteiger partial charge in [0, 0.05) is 29.4 Å². The van der Waals surface area contributed by atoms with Crippen molar-refractivity contribution in [3.05, 3.63) is 64.7 Å². The summed E-state index contributed by atoms with van der Waals surface area (Å²) in [7, 11) is 0. The smallest absolute Gasteiger partial charge is 0.254 e. The van der Waals surface area contributed by atoms with Gasteiger partial charge in [-0.15, -0.1) is 0 Å². The van der Waals surface area contributed by atoms with Gasteiger partial charge < -0.3 is 9.80 Å². The molecule has 4 nitrogen and oxygen atoms in total. The predicted molar refractivity (Wildman–Crippen MR) is 95.5 cm³/mol. The van der Waals surface area contributed by atoms with E-state index in [0.29, 0.717) is 23.7 Å². The zero-order valence-electron chi connectivity index (χ0n) is 13.7. The maximum atomic E-state index is 12.8. The van der Waals surface area contributed by atoms with Crippen LogP contribution < -0.4 is 4.90 Å². The molecule has 5 heteroatoms. The zero-order chi connectivity index (χ0) is 17.3. The Labute approximate surface area is 146 Å². The first-order valence-corrected chi connectivity index (χ1v) is 8.30. The number of benzene rings is 2. The monoisotopic (exact) mass is 342 g/mol. The third-order valence-corrected chi connectivity index (χ3v) is 4.63. The quantitative estimate of drug-likeness (QED) is 0.837. The standard InChI is InChI=1S/C19H19ClN2O2/c1-13-6-3-4-9-17(13)22-11-10-21(14(2)18(22)23)19(24)15-7-5-8-16(20)12-15/h3-9,12,14H,10-11H2,1-2H3. The van der Waals surface area contributed by atoms with Crippen molar-refractivity contribution >= 4 is 29.1 Å².